The maximum Gasteiger partial charge on any atom is 0.104 e. The second-order valence-corrected chi connectivity index (χ2v) is 5.78. The van der Waals surface area contributed by atoms with E-state index in [1.54, 1.807) is 0 Å². The number of aryl methyl sites for hydroxylation is 1. The first-order valence-corrected chi connectivity index (χ1v) is 7.62. The summed E-state index contributed by atoms with van der Waals surface area (Å²) >= 11 is 0. The van der Waals surface area contributed by atoms with E-state index in [0.717, 1.165) is 49.9 Å². The highest BCUT2D eigenvalue weighted by Crippen LogP contribution is 2.34. The van der Waals surface area contributed by atoms with E-state index >= 15 is 0 Å². The highest BCUT2D eigenvalue weighted by atomic mass is 14.9. The Hall–Kier alpha value is -3.14. The monoisotopic (exact) mass is 298 g/mol. The quantitative estimate of drug-likeness (QED) is 0.476. The molecule has 0 saturated heterocycles. The minimum absolute atomic E-state index is 0.930. The van der Waals surface area contributed by atoms with Crippen LogP contribution in [0.3, 0.4) is 0 Å². The van der Waals surface area contributed by atoms with Crippen LogP contribution in [0.1, 0.15) is 5.82 Å². The van der Waals surface area contributed by atoms with Crippen molar-refractivity contribution in [2.24, 2.45) is 0 Å². The molecule has 110 valence electrons. The molecule has 0 bridgehead atoms. The number of benzene rings is 2. The van der Waals surface area contributed by atoms with Crippen molar-refractivity contribution in [1.29, 1.82) is 0 Å². The SMILES string of the molecule is Cc1nc2c(ccc3[nH]c4c(-c5ccccc5)nccc4c32)[nH]1. The van der Waals surface area contributed by atoms with Gasteiger partial charge in [0.25, 0.3) is 0 Å². The number of rotatable bonds is 1. The molecule has 0 atom stereocenters. The van der Waals surface area contributed by atoms with Crippen molar-refractivity contribution in [2.45, 2.75) is 6.92 Å². The molecule has 5 aromatic rings. The number of fused-ring (bicyclic) bond motifs is 5. The second-order valence-electron chi connectivity index (χ2n) is 5.78. The van der Waals surface area contributed by atoms with Gasteiger partial charge in [-0.3, -0.25) is 4.98 Å². The zero-order valence-electron chi connectivity index (χ0n) is 12.6. The first-order valence-electron chi connectivity index (χ1n) is 7.62. The predicted molar refractivity (Wildman–Crippen MR) is 93.4 cm³/mol. The number of aromatic amines is 2. The van der Waals surface area contributed by atoms with E-state index in [0.29, 0.717) is 0 Å². The first-order chi connectivity index (χ1) is 11.3. The summed E-state index contributed by atoms with van der Waals surface area (Å²) in [6, 6.07) is 16.5. The van der Waals surface area contributed by atoms with E-state index in [9.17, 15) is 0 Å². The summed E-state index contributed by atoms with van der Waals surface area (Å²) < 4.78 is 0. The van der Waals surface area contributed by atoms with Gasteiger partial charge in [-0.05, 0) is 25.1 Å². The molecule has 0 unspecified atom stereocenters. The number of hydrogen-bond donors (Lipinski definition) is 2. The van der Waals surface area contributed by atoms with Crippen LogP contribution in [0.15, 0.2) is 54.7 Å². The topological polar surface area (TPSA) is 57.4 Å². The molecule has 0 aliphatic carbocycles. The molecule has 0 radical (unpaired) electrons. The highest BCUT2D eigenvalue weighted by Gasteiger charge is 2.14. The van der Waals surface area contributed by atoms with E-state index < -0.39 is 0 Å². The summed E-state index contributed by atoms with van der Waals surface area (Å²) in [5.74, 6) is 0.930. The van der Waals surface area contributed by atoms with E-state index in [4.69, 9.17) is 0 Å². The molecule has 0 spiro atoms. The fourth-order valence-electron chi connectivity index (χ4n) is 3.32. The Morgan fingerprint density at radius 3 is 2.57 bits per heavy atom. The lowest BCUT2D eigenvalue weighted by atomic mass is 10.1. The molecule has 3 heterocycles. The third kappa shape index (κ3) is 1.72. The molecule has 4 nitrogen and oxygen atoms in total. The van der Waals surface area contributed by atoms with Gasteiger partial charge >= 0.3 is 0 Å². The molecule has 4 heteroatoms. The molecular weight excluding hydrogens is 284 g/mol. The Morgan fingerprint density at radius 2 is 1.70 bits per heavy atom. The summed E-state index contributed by atoms with van der Waals surface area (Å²) in [7, 11) is 0. The largest absolute Gasteiger partial charge is 0.353 e. The van der Waals surface area contributed by atoms with Crippen LogP contribution < -0.4 is 0 Å². The van der Waals surface area contributed by atoms with Gasteiger partial charge < -0.3 is 9.97 Å². The van der Waals surface area contributed by atoms with Crippen molar-refractivity contribution in [1.82, 2.24) is 19.9 Å². The lowest BCUT2D eigenvalue weighted by Crippen LogP contribution is -1.84. The smallest absolute Gasteiger partial charge is 0.104 e. The lowest BCUT2D eigenvalue weighted by molar-refractivity contribution is 1.17. The number of nitrogens with zero attached hydrogens (tertiary/aromatic N) is 2. The zero-order valence-corrected chi connectivity index (χ0v) is 12.6. The Labute approximate surface area is 132 Å². The molecule has 5 rings (SSSR count). The Balaban J connectivity index is 1.96. The minimum atomic E-state index is 0.930. The molecule has 0 aliphatic rings. The van der Waals surface area contributed by atoms with Gasteiger partial charge in [0.2, 0.25) is 0 Å². The second kappa shape index (κ2) is 4.43. The van der Waals surface area contributed by atoms with Crippen LogP contribution >= 0.6 is 0 Å². The van der Waals surface area contributed by atoms with Crippen LogP contribution in [-0.2, 0) is 0 Å². The Morgan fingerprint density at radius 1 is 0.870 bits per heavy atom. The normalized spacial score (nSPS) is 11.7. The molecule has 0 fully saturated rings. The highest BCUT2D eigenvalue weighted by molar-refractivity contribution is 6.20. The van der Waals surface area contributed by atoms with Gasteiger partial charge in [-0.25, -0.2) is 4.98 Å². The van der Waals surface area contributed by atoms with Crippen molar-refractivity contribution < 1.29 is 0 Å². The van der Waals surface area contributed by atoms with Gasteiger partial charge in [0.05, 0.1) is 22.2 Å². The van der Waals surface area contributed by atoms with E-state index in [1.807, 2.05) is 31.3 Å². The number of pyridine rings is 1. The van der Waals surface area contributed by atoms with Crippen molar-refractivity contribution >= 4 is 32.8 Å². The van der Waals surface area contributed by atoms with E-state index in [2.05, 4.69) is 50.3 Å². The van der Waals surface area contributed by atoms with Gasteiger partial charge in [-0.2, -0.15) is 0 Å². The van der Waals surface area contributed by atoms with Crippen molar-refractivity contribution in [3.05, 3.63) is 60.6 Å². The molecule has 0 amide bonds. The zero-order chi connectivity index (χ0) is 15.4. The van der Waals surface area contributed by atoms with Crippen LogP contribution in [0.2, 0.25) is 0 Å². The maximum absolute atomic E-state index is 4.67. The fraction of sp³-hybridized carbons (Fsp3) is 0.0526. The molecule has 2 N–H and O–H groups in total. The number of H-pyrrole nitrogens is 2. The van der Waals surface area contributed by atoms with E-state index in [1.165, 1.54) is 0 Å². The number of aromatic nitrogens is 4. The summed E-state index contributed by atoms with van der Waals surface area (Å²) in [6.07, 6.45) is 1.87. The van der Waals surface area contributed by atoms with Crippen molar-refractivity contribution in [3.8, 4) is 11.3 Å². The maximum atomic E-state index is 4.67. The molecule has 2 aromatic carbocycles. The predicted octanol–water partition coefficient (Wildman–Crippen LogP) is 4.57. The summed E-state index contributed by atoms with van der Waals surface area (Å²) in [5, 5.41) is 2.31. The van der Waals surface area contributed by atoms with Gasteiger partial charge in [0.1, 0.15) is 5.82 Å². The van der Waals surface area contributed by atoms with Crippen LogP contribution in [-0.4, -0.2) is 19.9 Å². The van der Waals surface area contributed by atoms with Crippen LogP contribution in [0, 0.1) is 6.92 Å². The first kappa shape index (κ1) is 12.4. The van der Waals surface area contributed by atoms with Crippen LogP contribution in [0.4, 0.5) is 0 Å². The lowest BCUT2D eigenvalue weighted by Gasteiger charge is -2.01. The Bertz CT molecular complexity index is 1170. The molecular formula is C19H14N4. The Kier molecular flexibility index (Phi) is 2.39. The number of nitrogens with one attached hydrogen (secondary N) is 2. The summed E-state index contributed by atoms with van der Waals surface area (Å²) in [5.41, 5.74) is 6.30. The van der Waals surface area contributed by atoms with Crippen molar-refractivity contribution in [2.75, 3.05) is 0 Å². The molecule has 0 saturated carbocycles. The number of imidazole rings is 1. The van der Waals surface area contributed by atoms with Gasteiger partial charge in [-0.1, -0.05) is 30.3 Å². The number of hydrogen-bond acceptors (Lipinski definition) is 2. The van der Waals surface area contributed by atoms with Gasteiger partial charge in [-0.15, -0.1) is 0 Å². The van der Waals surface area contributed by atoms with Crippen LogP contribution in [0.5, 0.6) is 0 Å². The third-order valence-corrected chi connectivity index (χ3v) is 4.30. The average molecular weight is 298 g/mol. The molecule has 3 aromatic heterocycles. The summed E-state index contributed by atoms with van der Waals surface area (Å²) in [4.78, 5) is 16.1. The minimum Gasteiger partial charge on any atom is -0.353 e. The summed E-state index contributed by atoms with van der Waals surface area (Å²) in [6.45, 7) is 1.98. The molecule has 23 heavy (non-hydrogen) atoms. The van der Waals surface area contributed by atoms with Crippen molar-refractivity contribution in [3.63, 3.8) is 0 Å². The fourth-order valence-corrected chi connectivity index (χ4v) is 3.32. The van der Waals surface area contributed by atoms with Gasteiger partial charge in [0.15, 0.2) is 0 Å². The van der Waals surface area contributed by atoms with Gasteiger partial charge in [0, 0.05) is 28.0 Å². The van der Waals surface area contributed by atoms with Crippen LogP contribution in [0.25, 0.3) is 44.1 Å². The van der Waals surface area contributed by atoms with E-state index in [-0.39, 0.29) is 0 Å². The standard InChI is InChI=1S/C19H14N4/c1-11-21-15-8-7-14-16(19(15)22-11)13-9-10-20-17(18(13)23-14)12-5-3-2-4-6-12/h2-10,23H,1H3,(H,21,22). The average Bonchev–Trinajstić information content (AvgIpc) is 3.14. The third-order valence-electron chi connectivity index (χ3n) is 4.30. The molecule has 0 aliphatic heterocycles.